The molecule has 0 bridgehead atoms. The van der Waals surface area contributed by atoms with Crippen LogP contribution in [0.15, 0.2) is 30.3 Å². The van der Waals surface area contributed by atoms with Crippen molar-refractivity contribution in [2.45, 2.75) is 62.0 Å². The summed E-state index contributed by atoms with van der Waals surface area (Å²) in [5.74, 6) is 0. The number of unbranched alkanes of at least 4 members (excludes halogenated alkanes) is 2. The molecule has 1 atom stereocenters. The molecule has 1 unspecified atom stereocenters. The Labute approximate surface area is 144 Å². The van der Waals surface area contributed by atoms with Gasteiger partial charge in [-0.25, -0.2) is 0 Å². The van der Waals surface area contributed by atoms with Crippen LogP contribution in [-0.2, 0) is 14.9 Å². The molecule has 1 fully saturated rings. The number of hydrogen-bond acceptors (Lipinski definition) is 2. The molecule has 0 radical (unpaired) electrons. The molecule has 0 amide bonds. The van der Waals surface area contributed by atoms with E-state index in [9.17, 15) is 0 Å². The van der Waals surface area contributed by atoms with Crippen LogP contribution in [0, 0.1) is 0 Å². The molecule has 0 aliphatic heterocycles. The average molecular weight is 345 g/mol. The van der Waals surface area contributed by atoms with Crippen LogP contribution >= 0.6 is 23.2 Å². The Morgan fingerprint density at radius 2 is 1.50 bits per heavy atom. The van der Waals surface area contributed by atoms with Crippen molar-refractivity contribution in [2.75, 3.05) is 13.2 Å². The van der Waals surface area contributed by atoms with Gasteiger partial charge in [-0.15, -0.1) is 23.2 Å². The molecule has 1 aliphatic rings. The zero-order valence-corrected chi connectivity index (χ0v) is 15.0. The summed E-state index contributed by atoms with van der Waals surface area (Å²) in [4.78, 5) is 0. The summed E-state index contributed by atoms with van der Waals surface area (Å²) in [5.41, 5.74) is 0.636. The number of benzene rings is 1. The molecule has 4 heteroatoms. The second-order valence-electron chi connectivity index (χ2n) is 6.00. The van der Waals surface area contributed by atoms with E-state index in [-0.39, 0.29) is 6.29 Å². The largest absolute Gasteiger partial charge is 0.352 e. The fourth-order valence-corrected chi connectivity index (χ4v) is 3.57. The predicted molar refractivity (Wildman–Crippen MR) is 92.7 cm³/mol. The van der Waals surface area contributed by atoms with Gasteiger partial charge in [-0.3, -0.25) is 0 Å². The van der Waals surface area contributed by atoms with E-state index in [4.69, 9.17) is 32.7 Å². The van der Waals surface area contributed by atoms with E-state index in [1.165, 1.54) is 0 Å². The monoisotopic (exact) mass is 344 g/mol. The van der Waals surface area contributed by atoms with Crippen molar-refractivity contribution in [2.24, 2.45) is 0 Å². The number of alkyl halides is 2. The van der Waals surface area contributed by atoms with Crippen molar-refractivity contribution >= 4 is 23.2 Å². The summed E-state index contributed by atoms with van der Waals surface area (Å²) in [6.07, 6.45) is 4.48. The van der Waals surface area contributed by atoms with Crippen molar-refractivity contribution in [3.63, 3.8) is 0 Å². The SMILES string of the molecule is CCCCOC(OCCCC)C1(c2ccccc2)CC1(Cl)Cl. The molecule has 22 heavy (non-hydrogen) atoms. The summed E-state index contributed by atoms with van der Waals surface area (Å²) in [7, 11) is 0. The Morgan fingerprint density at radius 3 is 1.91 bits per heavy atom. The molecule has 0 spiro atoms. The van der Waals surface area contributed by atoms with E-state index in [1.807, 2.05) is 18.2 Å². The normalized spacial score (nSPS) is 23.0. The van der Waals surface area contributed by atoms with Crippen molar-refractivity contribution < 1.29 is 9.47 Å². The van der Waals surface area contributed by atoms with Gasteiger partial charge in [0, 0.05) is 13.2 Å². The first-order valence-electron chi connectivity index (χ1n) is 8.25. The Morgan fingerprint density at radius 1 is 1.00 bits per heavy atom. The Bertz CT molecular complexity index is 440. The second-order valence-corrected chi connectivity index (χ2v) is 7.48. The molecule has 1 aromatic rings. The first-order chi connectivity index (χ1) is 10.6. The van der Waals surface area contributed by atoms with Gasteiger partial charge in [0.1, 0.15) is 4.33 Å². The van der Waals surface area contributed by atoms with E-state index in [0.29, 0.717) is 19.6 Å². The minimum atomic E-state index is -0.822. The predicted octanol–water partition coefficient (Wildman–Crippen LogP) is 5.46. The lowest BCUT2D eigenvalue weighted by molar-refractivity contribution is -0.164. The number of ether oxygens (including phenoxy) is 2. The van der Waals surface area contributed by atoms with Gasteiger partial charge in [0.05, 0.1) is 5.41 Å². The molecule has 0 N–H and O–H groups in total. The second kappa shape index (κ2) is 8.01. The summed E-state index contributed by atoms with van der Waals surface area (Å²) in [6.45, 7) is 5.64. The van der Waals surface area contributed by atoms with Gasteiger partial charge in [0.15, 0.2) is 6.29 Å². The van der Waals surface area contributed by atoms with Crippen molar-refractivity contribution in [3.05, 3.63) is 35.9 Å². The maximum absolute atomic E-state index is 6.52. The molecule has 2 nitrogen and oxygen atoms in total. The highest BCUT2D eigenvalue weighted by Crippen LogP contribution is 2.67. The number of rotatable bonds is 10. The highest BCUT2D eigenvalue weighted by Gasteiger charge is 2.72. The van der Waals surface area contributed by atoms with Gasteiger partial charge in [-0.05, 0) is 24.8 Å². The van der Waals surface area contributed by atoms with Gasteiger partial charge in [0.2, 0.25) is 0 Å². The van der Waals surface area contributed by atoms with Crippen molar-refractivity contribution in [3.8, 4) is 0 Å². The Kier molecular flexibility index (Phi) is 6.58. The van der Waals surface area contributed by atoms with Crippen LogP contribution in [0.25, 0.3) is 0 Å². The topological polar surface area (TPSA) is 18.5 Å². The van der Waals surface area contributed by atoms with E-state index in [2.05, 4.69) is 26.0 Å². The molecule has 1 aromatic carbocycles. The van der Waals surface area contributed by atoms with Gasteiger partial charge in [-0.1, -0.05) is 57.0 Å². The molecule has 0 aromatic heterocycles. The van der Waals surface area contributed by atoms with Crippen LogP contribution in [-0.4, -0.2) is 23.8 Å². The number of hydrogen-bond donors (Lipinski definition) is 0. The standard InChI is InChI=1S/C18H26Cl2O2/c1-3-5-12-21-16(22-13-6-4-2)17(14-18(17,19)20)15-10-8-7-9-11-15/h7-11,16H,3-6,12-14H2,1-2H3. The molecule has 2 rings (SSSR count). The Hall–Kier alpha value is -0.280. The lowest BCUT2D eigenvalue weighted by atomic mass is 9.95. The molecule has 0 heterocycles. The van der Waals surface area contributed by atoms with Crippen LogP contribution in [0.1, 0.15) is 51.5 Å². The summed E-state index contributed by atoms with van der Waals surface area (Å²) >= 11 is 13.0. The lowest BCUT2D eigenvalue weighted by Crippen LogP contribution is -2.36. The van der Waals surface area contributed by atoms with E-state index in [0.717, 1.165) is 31.2 Å². The maximum Gasteiger partial charge on any atom is 0.170 e. The van der Waals surface area contributed by atoms with Crippen LogP contribution in [0.2, 0.25) is 0 Å². The smallest absolute Gasteiger partial charge is 0.170 e. The van der Waals surface area contributed by atoms with Crippen molar-refractivity contribution in [1.82, 2.24) is 0 Å². The first kappa shape index (κ1) is 18.1. The van der Waals surface area contributed by atoms with E-state index < -0.39 is 9.75 Å². The molecule has 0 saturated heterocycles. The van der Waals surface area contributed by atoms with Gasteiger partial charge in [0.25, 0.3) is 0 Å². The van der Waals surface area contributed by atoms with Gasteiger partial charge in [-0.2, -0.15) is 0 Å². The third-order valence-corrected chi connectivity index (χ3v) is 5.20. The van der Waals surface area contributed by atoms with Crippen molar-refractivity contribution in [1.29, 1.82) is 0 Å². The number of halogens is 2. The molecule has 1 saturated carbocycles. The molecular formula is C18H26Cl2O2. The van der Waals surface area contributed by atoms with Crippen LogP contribution in [0.3, 0.4) is 0 Å². The fourth-order valence-electron chi connectivity index (χ4n) is 2.75. The van der Waals surface area contributed by atoms with E-state index in [1.54, 1.807) is 0 Å². The average Bonchev–Trinajstić information content (AvgIpc) is 3.11. The first-order valence-corrected chi connectivity index (χ1v) is 9.00. The zero-order valence-electron chi connectivity index (χ0n) is 13.5. The Balaban J connectivity index is 2.17. The summed E-state index contributed by atoms with van der Waals surface area (Å²) in [5, 5.41) is 0. The minimum Gasteiger partial charge on any atom is -0.352 e. The van der Waals surface area contributed by atoms with Crippen LogP contribution in [0.4, 0.5) is 0 Å². The fraction of sp³-hybridized carbons (Fsp3) is 0.667. The van der Waals surface area contributed by atoms with E-state index >= 15 is 0 Å². The third-order valence-electron chi connectivity index (χ3n) is 4.25. The third kappa shape index (κ3) is 3.79. The zero-order chi connectivity index (χ0) is 16.1. The molecule has 124 valence electrons. The maximum atomic E-state index is 6.52. The van der Waals surface area contributed by atoms with Gasteiger partial charge >= 0.3 is 0 Å². The summed E-state index contributed by atoms with van der Waals surface area (Å²) < 4.78 is 11.3. The minimum absolute atomic E-state index is 0.386. The van der Waals surface area contributed by atoms with Crippen LogP contribution < -0.4 is 0 Å². The molecular weight excluding hydrogens is 319 g/mol. The van der Waals surface area contributed by atoms with Gasteiger partial charge < -0.3 is 9.47 Å². The molecule has 1 aliphatic carbocycles. The van der Waals surface area contributed by atoms with Crippen LogP contribution in [0.5, 0.6) is 0 Å². The highest BCUT2D eigenvalue weighted by molar-refractivity contribution is 6.52. The quantitative estimate of drug-likeness (QED) is 0.318. The summed E-state index contributed by atoms with van der Waals surface area (Å²) in [6, 6.07) is 10.1. The highest BCUT2D eigenvalue weighted by atomic mass is 35.5. The lowest BCUT2D eigenvalue weighted by Gasteiger charge is -2.29.